The van der Waals surface area contributed by atoms with E-state index in [9.17, 15) is 19.1 Å². The number of hydrogen-bond donors (Lipinski definition) is 1. The van der Waals surface area contributed by atoms with Gasteiger partial charge in [0.2, 0.25) is 0 Å². The summed E-state index contributed by atoms with van der Waals surface area (Å²) >= 11 is 0. The van der Waals surface area contributed by atoms with Gasteiger partial charge in [-0.05, 0) is 46.2 Å². The number of aromatic hydroxyl groups is 1. The number of piperazine rings is 1. The third kappa shape index (κ3) is 4.41. The molecule has 1 saturated heterocycles. The van der Waals surface area contributed by atoms with Gasteiger partial charge in [0, 0.05) is 31.7 Å². The maximum absolute atomic E-state index is 14.1. The molecule has 0 radical (unpaired) electrons. The molecule has 0 saturated carbocycles. The number of carbonyl (C=O) groups is 2. The van der Waals surface area contributed by atoms with Crippen molar-refractivity contribution in [3.05, 3.63) is 29.1 Å². The number of aryl methyl sites for hydroxylation is 1. The highest BCUT2D eigenvalue weighted by Gasteiger charge is 2.33. The molecular formula is C18H25FN2O4. The van der Waals surface area contributed by atoms with E-state index in [2.05, 4.69) is 0 Å². The molecule has 0 spiro atoms. The molecule has 0 unspecified atom stereocenters. The zero-order chi connectivity index (χ0) is 18.9. The summed E-state index contributed by atoms with van der Waals surface area (Å²) in [5.74, 6) is -1.40. The molecule has 1 aliphatic heterocycles. The molecule has 1 aromatic rings. The van der Waals surface area contributed by atoms with E-state index < -0.39 is 23.4 Å². The van der Waals surface area contributed by atoms with E-state index in [0.717, 1.165) is 6.07 Å². The Balaban J connectivity index is 2.11. The highest BCUT2D eigenvalue weighted by Crippen LogP contribution is 2.24. The van der Waals surface area contributed by atoms with Crippen LogP contribution in [0.15, 0.2) is 12.1 Å². The minimum absolute atomic E-state index is 0.0460. The summed E-state index contributed by atoms with van der Waals surface area (Å²) in [7, 11) is 0. The lowest BCUT2D eigenvalue weighted by Gasteiger charge is -2.40. The van der Waals surface area contributed by atoms with E-state index in [1.165, 1.54) is 6.07 Å². The van der Waals surface area contributed by atoms with E-state index in [1.807, 2.05) is 6.92 Å². The van der Waals surface area contributed by atoms with Gasteiger partial charge < -0.3 is 19.6 Å². The van der Waals surface area contributed by atoms with Gasteiger partial charge in [0.1, 0.15) is 17.2 Å². The van der Waals surface area contributed by atoms with Crippen LogP contribution in [0.2, 0.25) is 0 Å². The average Bonchev–Trinajstić information content (AvgIpc) is 2.43. The van der Waals surface area contributed by atoms with Gasteiger partial charge in [-0.1, -0.05) is 0 Å². The van der Waals surface area contributed by atoms with E-state index in [0.29, 0.717) is 25.2 Å². The molecule has 7 heteroatoms. The van der Waals surface area contributed by atoms with Crippen molar-refractivity contribution in [2.24, 2.45) is 0 Å². The number of hydrogen-bond acceptors (Lipinski definition) is 4. The number of rotatable bonds is 1. The average molecular weight is 352 g/mol. The second kappa shape index (κ2) is 6.90. The van der Waals surface area contributed by atoms with Gasteiger partial charge in [-0.3, -0.25) is 4.79 Å². The molecule has 2 rings (SSSR count). The fraction of sp³-hybridized carbons (Fsp3) is 0.556. The number of phenols is 1. The lowest BCUT2D eigenvalue weighted by molar-refractivity contribution is 0.00604. The molecule has 1 aliphatic rings. The number of carbonyl (C=O) groups excluding carboxylic acids is 2. The van der Waals surface area contributed by atoms with Crippen LogP contribution in [0.25, 0.3) is 0 Å². The van der Waals surface area contributed by atoms with Gasteiger partial charge >= 0.3 is 6.09 Å². The van der Waals surface area contributed by atoms with Crippen molar-refractivity contribution >= 4 is 12.0 Å². The normalized spacial score (nSPS) is 18.2. The van der Waals surface area contributed by atoms with E-state index in [1.54, 1.807) is 37.5 Å². The molecule has 1 N–H and O–H groups in total. The summed E-state index contributed by atoms with van der Waals surface area (Å²) in [5, 5.41) is 9.43. The zero-order valence-electron chi connectivity index (χ0n) is 15.3. The fourth-order valence-corrected chi connectivity index (χ4v) is 2.89. The van der Waals surface area contributed by atoms with Crippen molar-refractivity contribution in [3.8, 4) is 5.75 Å². The Bertz CT molecular complexity index is 661. The summed E-state index contributed by atoms with van der Waals surface area (Å²) in [6, 6.07) is 2.01. The minimum atomic E-state index is -0.746. The summed E-state index contributed by atoms with van der Waals surface area (Å²) in [6.45, 7) is 9.71. The molecular weight excluding hydrogens is 327 g/mol. The lowest BCUT2D eigenvalue weighted by atomic mass is 10.0. The van der Waals surface area contributed by atoms with E-state index in [-0.39, 0.29) is 17.4 Å². The topological polar surface area (TPSA) is 70.1 Å². The molecule has 1 heterocycles. The van der Waals surface area contributed by atoms with Crippen LogP contribution < -0.4 is 0 Å². The first-order valence-corrected chi connectivity index (χ1v) is 8.27. The van der Waals surface area contributed by atoms with Gasteiger partial charge in [0.25, 0.3) is 5.91 Å². The summed E-state index contributed by atoms with van der Waals surface area (Å²) in [4.78, 5) is 28.0. The van der Waals surface area contributed by atoms with Crippen LogP contribution in [0.3, 0.4) is 0 Å². The van der Waals surface area contributed by atoms with Crippen LogP contribution in [0, 0.1) is 12.7 Å². The molecule has 1 fully saturated rings. The van der Waals surface area contributed by atoms with E-state index >= 15 is 0 Å². The molecule has 1 aromatic carbocycles. The summed E-state index contributed by atoms with van der Waals surface area (Å²) in [5.41, 5.74) is -0.251. The standard InChI is InChI=1S/C18H25FN2O4/c1-11-8-13(22)9-14(19)15(11)16(23)21-7-6-20(10-12(21)2)17(24)25-18(3,4)5/h8-9,12,22H,6-7,10H2,1-5H3/t12-/m1/s1. The Kier molecular flexibility index (Phi) is 5.25. The molecule has 138 valence electrons. The van der Waals surface area contributed by atoms with Gasteiger partial charge in [-0.15, -0.1) is 0 Å². The SMILES string of the molecule is Cc1cc(O)cc(F)c1C(=O)N1CCN(C(=O)OC(C)(C)C)C[C@H]1C. The molecule has 25 heavy (non-hydrogen) atoms. The molecule has 6 nitrogen and oxygen atoms in total. The van der Waals surface area contributed by atoms with Gasteiger partial charge in [0.15, 0.2) is 0 Å². The minimum Gasteiger partial charge on any atom is -0.508 e. The maximum Gasteiger partial charge on any atom is 0.410 e. The first-order valence-electron chi connectivity index (χ1n) is 8.27. The van der Waals surface area contributed by atoms with Crippen LogP contribution in [-0.2, 0) is 4.74 Å². The number of amides is 2. The first-order chi connectivity index (χ1) is 11.5. The highest BCUT2D eigenvalue weighted by atomic mass is 19.1. The summed E-state index contributed by atoms with van der Waals surface area (Å²) in [6.07, 6.45) is -0.418. The second-order valence-electron chi connectivity index (χ2n) is 7.39. The fourth-order valence-electron chi connectivity index (χ4n) is 2.89. The maximum atomic E-state index is 14.1. The third-order valence-corrected chi connectivity index (χ3v) is 4.03. The van der Waals surface area contributed by atoms with Crippen LogP contribution in [0.4, 0.5) is 9.18 Å². The smallest absolute Gasteiger partial charge is 0.410 e. The Morgan fingerprint density at radius 3 is 2.44 bits per heavy atom. The van der Waals surface area contributed by atoms with Crippen molar-refractivity contribution < 1.29 is 23.8 Å². The first kappa shape index (κ1) is 19.0. The summed E-state index contributed by atoms with van der Waals surface area (Å²) < 4.78 is 19.5. The second-order valence-corrected chi connectivity index (χ2v) is 7.39. The number of nitrogens with zero attached hydrogens (tertiary/aromatic N) is 2. The zero-order valence-corrected chi connectivity index (χ0v) is 15.3. The quantitative estimate of drug-likeness (QED) is 0.844. The van der Waals surface area contributed by atoms with Crippen LogP contribution in [-0.4, -0.2) is 58.2 Å². The van der Waals surface area contributed by atoms with Crippen molar-refractivity contribution in [2.45, 2.75) is 46.3 Å². The predicted molar refractivity (Wildman–Crippen MR) is 91.1 cm³/mol. The van der Waals surface area contributed by atoms with Gasteiger partial charge in [-0.2, -0.15) is 0 Å². The number of phenolic OH excluding ortho intramolecular Hbond substituents is 1. The van der Waals surface area contributed by atoms with Gasteiger partial charge in [-0.25, -0.2) is 9.18 Å². The van der Waals surface area contributed by atoms with Crippen LogP contribution in [0.1, 0.15) is 43.6 Å². The highest BCUT2D eigenvalue weighted by molar-refractivity contribution is 5.96. The van der Waals surface area contributed by atoms with Gasteiger partial charge in [0.05, 0.1) is 5.56 Å². The Morgan fingerprint density at radius 1 is 1.28 bits per heavy atom. The molecule has 2 amide bonds. The monoisotopic (exact) mass is 352 g/mol. The molecule has 0 aromatic heterocycles. The number of ether oxygens (including phenoxy) is 1. The number of halogens is 1. The Labute approximate surface area is 147 Å². The van der Waals surface area contributed by atoms with Crippen molar-refractivity contribution in [3.63, 3.8) is 0 Å². The molecule has 0 aliphatic carbocycles. The van der Waals surface area contributed by atoms with Crippen molar-refractivity contribution in [1.29, 1.82) is 0 Å². The lowest BCUT2D eigenvalue weighted by Crippen LogP contribution is -2.56. The van der Waals surface area contributed by atoms with Crippen molar-refractivity contribution in [2.75, 3.05) is 19.6 Å². The van der Waals surface area contributed by atoms with Crippen LogP contribution >= 0.6 is 0 Å². The van der Waals surface area contributed by atoms with Crippen molar-refractivity contribution in [1.82, 2.24) is 9.80 Å². The number of benzene rings is 1. The predicted octanol–water partition coefficient (Wildman–Crippen LogP) is 2.92. The third-order valence-electron chi connectivity index (χ3n) is 4.03. The Hall–Kier alpha value is -2.31. The van der Waals surface area contributed by atoms with E-state index in [4.69, 9.17) is 4.74 Å². The molecule has 0 bridgehead atoms. The largest absolute Gasteiger partial charge is 0.508 e. The van der Waals surface area contributed by atoms with Crippen LogP contribution in [0.5, 0.6) is 5.75 Å². The Morgan fingerprint density at radius 2 is 1.92 bits per heavy atom. The molecule has 1 atom stereocenters.